The van der Waals surface area contributed by atoms with Crippen LogP contribution in [0.2, 0.25) is 5.02 Å². The van der Waals surface area contributed by atoms with E-state index < -0.39 is 39.9 Å². The van der Waals surface area contributed by atoms with E-state index in [9.17, 15) is 23.5 Å². The summed E-state index contributed by atoms with van der Waals surface area (Å²) in [5.41, 5.74) is -2.12. The smallest absolute Gasteiger partial charge is 0.343 e. The molecular formula is C16H7ClF2O4. The Labute approximate surface area is 132 Å². The van der Waals surface area contributed by atoms with Gasteiger partial charge in [-0.1, -0.05) is 17.7 Å². The van der Waals surface area contributed by atoms with Crippen molar-refractivity contribution >= 4 is 28.5 Å². The number of carbonyl (C=O) groups is 1. The van der Waals surface area contributed by atoms with Gasteiger partial charge in [-0.3, -0.25) is 4.79 Å². The Kier molecular flexibility index (Phi) is 3.61. The quantitative estimate of drug-likeness (QED) is 0.765. The molecule has 1 N–H and O–H groups in total. The molecule has 0 atom stereocenters. The van der Waals surface area contributed by atoms with E-state index in [2.05, 4.69) is 0 Å². The molecule has 116 valence electrons. The molecular weight excluding hydrogens is 330 g/mol. The molecule has 1 aromatic heterocycles. The number of benzene rings is 2. The fraction of sp³-hybridized carbons (Fsp3) is 0. The Morgan fingerprint density at radius 2 is 1.91 bits per heavy atom. The maximum Gasteiger partial charge on any atom is 0.343 e. The van der Waals surface area contributed by atoms with E-state index in [0.717, 1.165) is 12.1 Å². The summed E-state index contributed by atoms with van der Waals surface area (Å²) in [5, 5.41) is 9.50. The summed E-state index contributed by atoms with van der Waals surface area (Å²) in [7, 11) is 0. The van der Waals surface area contributed by atoms with Crippen LogP contribution in [0.5, 0.6) is 0 Å². The molecule has 0 spiro atoms. The zero-order valence-electron chi connectivity index (χ0n) is 11.3. The van der Waals surface area contributed by atoms with Crippen LogP contribution in [0.25, 0.3) is 22.3 Å². The average molecular weight is 337 g/mol. The van der Waals surface area contributed by atoms with Gasteiger partial charge in [-0.25, -0.2) is 13.6 Å². The van der Waals surface area contributed by atoms with Crippen molar-refractivity contribution in [3.8, 4) is 11.3 Å². The predicted molar refractivity (Wildman–Crippen MR) is 79.8 cm³/mol. The van der Waals surface area contributed by atoms with Crippen LogP contribution in [0.1, 0.15) is 10.4 Å². The maximum atomic E-state index is 14.0. The lowest BCUT2D eigenvalue weighted by Gasteiger charge is -2.08. The first kappa shape index (κ1) is 15.2. The number of fused-ring (bicyclic) bond motifs is 1. The van der Waals surface area contributed by atoms with E-state index >= 15 is 0 Å². The normalized spacial score (nSPS) is 10.9. The molecule has 0 fully saturated rings. The number of hydrogen-bond acceptors (Lipinski definition) is 3. The molecule has 0 aliphatic rings. The molecule has 0 aliphatic carbocycles. The van der Waals surface area contributed by atoms with E-state index in [0.29, 0.717) is 0 Å². The molecule has 0 aliphatic heterocycles. The number of carboxylic acids is 1. The molecule has 7 heteroatoms. The highest BCUT2D eigenvalue weighted by molar-refractivity contribution is 6.31. The van der Waals surface area contributed by atoms with Gasteiger partial charge in [0.15, 0.2) is 23.0 Å². The van der Waals surface area contributed by atoms with E-state index in [1.165, 1.54) is 24.3 Å². The first-order chi connectivity index (χ1) is 10.9. The second-order valence-corrected chi connectivity index (χ2v) is 5.12. The Balaban J connectivity index is 2.48. The van der Waals surface area contributed by atoms with Gasteiger partial charge < -0.3 is 9.52 Å². The fourth-order valence-electron chi connectivity index (χ4n) is 2.23. The molecule has 1 heterocycles. The molecule has 0 amide bonds. The zero-order chi connectivity index (χ0) is 16.7. The fourth-order valence-corrected chi connectivity index (χ4v) is 2.39. The Morgan fingerprint density at radius 3 is 2.61 bits per heavy atom. The second kappa shape index (κ2) is 5.48. The molecule has 3 aromatic rings. The SMILES string of the molecule is O=C(O)c1c(-c2cccc(F)c2F)oc2cc(Cl)ccc2c1=O. The average Bonchev–Trinajstić information content (AvgIpc) is 2.49. The highest BCUT2D eigenvalue weighted by Crippen LogP contribution is 2.30. The molecule has 3 rings (SSSR count). The molecule has 23 heavy (non-hydrogen) atoms. The monoisotopic (exact) mass is 336 g/mol. The van der Waals surface area contributed by atoms with Crippen molar-refractivity contribution in [2.24, 2.45) is 0 Å². The van der Waals surface area contributed by atoms with Gasteiger partial charge in [0.2, 0.25) is 5.43 Å². The Hall–Kier alpha value is -2.73. The Bertz CT molecular complexity index is 1010. The van der Waals surface area contributed by atoms with Gasteiger partial charge in [-0.05, 0) is 24.3 Å². The topological polar surface area (TPSA) is 67.5 Å². The summed E-state index contributed by atoms with van der Waals surface area (Å²) in [4.78, 5) is 23.8. The van der Waals surface area contributed by atoms with Gasteiger partial charge in [0.05, 0.1) is 10.9 Å². The molecule has 0 saturated heterocycles. The van der Waals surface area contributed by atoms with Gasteiger partial charge in [0.25, 0.3) is 0 Å². The van der Waals surface area contributed by atoms with Crippen molar-refractivity contribution < 1.29 is 23.1 Å². The third kappa shape index (κ3) is 2.47. The lowest BCUT2D eigenvalue weighted by Crippen LogP contribution is -2.17. The standard InChI is InChI=1S/C16H7ClF2O4/c17-7-4-5-8-11(6-7)23-15(12(14(8)20)16(21)22)9-2-1-3-10(18)13(9)19/h1-6H,(H,21,22). The van der Waals surface area contributed by atoms with Crippen molar-refractivity contribution in [1.82, 2.24) is 0 Å². The van der Waals surface area contributed by atoms with Crippen LogP contribution >= 0.6 is 11.6 Å². The van der Waals surface area contributed by atoms with Crippen LogP contribution in [-0.4, -0.2) is 11.1 Å². The number of halogens is 3. The summed E-state index contributed by atoms with van der Waals surface area (Å²) in [6.07, 6.45) is 0. The van der Waals surface area contributed by atoms with E-state index in [1.807, 2.05) is 0 Å². The van der Waals surface area contributed by atoms with Gasteiger partial charge in [0, 0.05) is 11.1 Å². The van der Waals surface area contributed by atoms with Crippen LogP contribution in [0.4, 0.5) is 8.78 Å². The van der Waals surface area contributed by atoms with Gasteiger partial charge in [-0.2, -0.15) is 0 Å². The van der Waals surface area contributed by atoms with Crippen LogP contribution in [0.15, 0.2) is 45.6 Å². The summed E-state index contributed by atoms with van der Waals surface area (Å²) in [5.74, 6) is -4.66. The molecule has 0 saturated carbocycles. The van der Waals surface area contributed by atoms with Gasteiger partial charge in [-0.15, -0.1) is 0 Å². The van der Waals surface area contributed by atoms with Crippen LogP contribution in [-0.2, 0) is 0 Å². The lowest BCUT2D eigenvalue weighted by molar-refractivity contribution is 0.0694. The first-order valence-electron chi connectivity index (χ1n) is 6.34. The third-order valence-corrected chi connectivity index (χ3v) is 3.50. The van der Waals surface area contributed by atoms with Crippen molar-refractivity contribution in [3.05, 3.63) is 68.8 Å². The molecule has 4 nitrogen and oxygen atoms in total. The first-order valence-corrected chi connectivity index (χ1v) is 6.72. The maximum absolute atomic E-state index is 14.0. The summed E-state index contributed by atoms with van der Waals surface area (Å²) >= 11 is 5.82. The second-order valence-electron chi connectivity index (χ2n) is 4.68. The summed E-state index contributed by atoms with van der Waals surface area (Å²) in [6, 6.07) is 7.18. The van der Waals surface area contributed by atoms with Crippen LogP contribution in [0.3, 0.4) is 0 Å². The minimum atomic E-state index is -1.60. The van der Waals surface area contributed by atoms with Crippen molar-refractivity contribution in [3.63, 3.8) is 0 Å². The van der Waals surface area contributed by atoms with Crippen LogP contribution < -0.4 is 5.43 Å². The zero-order valence-corrected chi connectivity index (χ0v) is 12.0. The summed E-state index contributed by atoms with van der Waals surface area (Å²) in [6.45, 7) is 0. The summed E-state index contributed by atoms with van der Waals surface area (Å²) < 4.78 is 32.8. The number of rotatable bonds is 2. The molecule has 0 unspecified atom stereocenters. The van der Waals surface area contributed by atoms with E-state index in [-0.39, 0.29) is 16.0 Å². The third-order valence-electron chi connectivity index (χ3n) is 3.26. The van der Waals surface area contributed by atoms with Crippen LogP contribution in [0, 0.1) is 11.6 Å². The lowest BCUT2D eigenvalue weighted by atomic mass is 10.0. The van der Waals surface area contributed by atoms with Crippen molar-refractivity contribution in [2.75, 3.05) is 0 Å². The van der Waals surface area contributed by atoms with Gasteiger partial charge in [0.1, 0.15) is 5.58 Å². The van der Waals surface area contributed by atoms with Gasteiger partial charge >= 0.3 is 5.97 Å². The minimum Gasteiger partial charge on any atom is -0.477 e. The van der Waals surface area contributed by atoms with E-state index in [1.54, 1.807) is 0 Å². The molecule has 2 aromatic carbocycles. The Morgan fingerprint density at radius 1 is 1.17 bits per heavy atom. The molecule has 0 bridgehead atoms. The minimum absolute atomic E-state index is 0.0210. The number of carboxylic acid groups (broad SMARTS) is 1. The van der Waals surface area contributed by atoms with Crippen molar-refractivity contribution in [1.29, 1.82) is 0 Å². The van der Waals surface area contributed by atoms with Crippen molar-refractivity contribution in [2.45, 2.75) is 0 Å². The van der Waals surface area contributed by atoms with E-state index in [4.69, 9.17) is 16.0 Å². The predicted octanol–water partition coefficient (Wildman–Crippen LogP) is 4.09. The molecule has 0 radical (unpaired) electrons. The largest absolute Gasteiger partial charge is 0.477 e. The highest BCUT2D eigenvalue weighted by atomic mass is 35.5. The highest BCUT2D eigenvalue weighted by Gasteiger charge is 2.24. The number of aromatic carboxylic acids is 1. The number of hydrogen-bond donors (Lipinski definition) is 1.